The highest BCUT2D eigenvalue weighted by atomic mass is 16.5. The van der Waals surface area contributed by atoms with Crippen molar-refractivity contribution in [2.75, 3.05) is 18.2 Å². The second kappa shape index (κ2) is 6.61. The van der Waals surface area contributed by atoms with Crippen LogP contribution in [0.2, 0.25) is 0 Å². The molecule has 1 atom stereocenters. The fourth-order valence-electron chi connectivity index (χ4n) is 1.67. The molecule has 5 heteroatoms. The van der Waals surface area contributed by atoms with E-state index in [-0.39, 0.29) is 11.5 Å². The van der Waals surface area contributed by atoms with Crippen molar-refractivity contribution in [2.45, 2.75) is 45.8 Å². The Hall–Kier alpha value is -1.75. The molecule has 0 aromatic heterocycles. The molecular weight excluding hydrogens is 256 g/mol. The summed E-state index contributed by atoms with van der Waals surface area (Å²) >= 11 is 0. The summed E-state index contributed by atoms with van der Waals surface area (Å²) < 4.78 is 10.9. The number of nitrogens with one attached hydrogen (secondary N) is 1. The third-order valence-electron chi connectivity index (χ3n) is 3.20. The van der Waals surface area contributed by atoms with E-state index in [0.717, 1.165) is 6.42 Å². The molecule has 1 amide bonds. The first-order chi connectivity index (χ1) is 9.29. The Morgan fingerprint density at radius 2 is 2.10 bits per heavy atom. The van der Waals surface area contributed by atoms with Gasteiger partial charge in [-0.05, 0) is 45.4 Å². The van der Waals surface area contributed by atoms with Gasteiger partial charge in [0.25, 0.3) is 5.91 Å². The molecular formula is C15H24N2O3. The molecule has 5 nitrogen and oxygen atoms in total. The number of benzene rings is 1. The zero-order valence-corrected chi connectivity index (χ0v) is 12.8. The van der Waals surface area contributed by atoms with Gasteiger partial charge in [0.15, 0.2) is 0 Å². The van der Waals surface area contributed by atoms with Gasteiger partial charge >= 0.3 is 0 Å². The lowest BCUT2D eigenvalue weighted by Gasteiger charge is -2.27. The van der Waals surface area contributed by atoms with Crippen molar-refractivity contribution >= 4 is 17.3 Å². The number of hydrogen-bond acceptors (Lipinski definition) is 4. The van der Waals surface area contributed by atoms with Gasteiger partial charge in [-0.15, -0.1) is 0 Å². The molecule has 0 aliphatic carbocycles. The zero-order valence-electron chi connectivity index (χ0n) is 12.8. The van der Waals surface area contributed by atoms with Gasteiger partial charge in [-0.25, -0.2) is 0 Å². The van der Waals surface area contributed by atoms with E-state index in [0.29, 0.717) is 17.1 Å². The first-order valence-electron chi connectivity index (χ1n) is 6.71. The van der Waals surface area contributed by atoms with E-state index in [1.807, 2.05) is 20.8 Å². The average Bonchev–Trinajstić information content (AvgIpc) is 2.38. The summed E-state index contributed by atoms with van der Waals surface area (Å²) in [6.45, 7) is 7.66. The molecule has 0 saturated carbocycles. The van der Waals surface area contributed by atoms with Crippen LogP contribution in [0, 0.1) is 0 Å². The topological polar surface area (TPSA) is 73.6 Å². The monoisotopic (exact) mass is 280 g/mol. The number of methoxy groups -OCH3 is 1. The lowest BCUT2D eigenvalue weighted by Crippen LogP contribution is -2.36. The van der Waals surface area contributed by atoms with E-state index in [9.17, 15) is 4.79 Å². The van der Waals surface area contributed by atoms with Crippen LogP contribution in [0.5, 0.6) is 5.75 Å². The summed E-state index contributed by atoms with van der Waals surface area (Å²) in [5.74, 6) is 0.338. The van der Waals surface area contributed by atoms with Crippen LogP contribution < -0.4 is 15.8 Å². The Morgan fingerprint density at radius 3 is 2.65 bits per heavy atom. The predicted octanol–water partition coefficient (Wildman–Crippen LogP) is 2.81. The second-order valence-electron chi connectivity index (χ2n) is 5.32. The lowest BCUT2D eigenvalue weighted by molar-refractivity contribution is -0.137. The van der Waals surface area contributed by atoms with Crippen LogP contribution in [-0.4, -0.2) is 24.7 Å². The van der Waals surface area contributed by atoms with Gasteiger partial charge in [0.05, 0.1) is 18.4 Å². The maximum Gasteiger partial charge on any atom is 0.253 e. The normalized spacial score (nSPS) is 12.8. The fourth-order valence-corrected chi connectivity index (χ4v) is 1.67. The van der Waals surface area contributed by atoms with Gasteiger partial charge in [0, 0.05) is 5.69 Å². The van der Waals surface area contributed by atoms with Crippen LogP contribution in [0.1, 0.15) is 34.1 Å². The molecule has 1 unspecified atom stereocenters. The Bertz CT molecular complexity index is 472. The molecule has 1 aromatic rings. The van der Waals surface area contributed by atoms with Crippen molar-refractivity contribution in [3.63, 3.8) is 0 Å². The molecule has 1 rings (SSSR count). The summed E-state index contributed by atoms with van der Waals surface area (Å²) in [7, 11) is 1.54. The van der Waals surface area contributed by atoms with Crippen molar-refractivity contribution in [1.29, 1.82) is 0 Å². The van der Waals surface area contributed by atoms with Gasteiger partial charge in [-0.2, -0.15) is 0 Å². The van der Waals surface area contributed by atoms with Crippen molar-refractivity contribution in [1.82, 2.24) is 0 Å². The first-order valence-corrected chi connectivity index (χ1v) is 6.71. The number of anilines is 2. The van der Waals surface area contributed by atoms with Gasteiger partial charge in [-0.1, -0.05) is 6.92 Å². The maximum atomic E-state index is 12.2. The molecule has 0 aliphatic rings. The molecule has 3 N–H and O–H groups in total. The average molecular weight is 280 g/mol. The minimum atomic E-state index is -0.559. The Balaban J connectivity index is 2.78. The van der Waals surface area contributed by atoms with E-state index >= 15 is 0 Å². The highest BCUT2D eigenvalue weighted by Crippen LogP contribution is 2.27. The van der Waals surface area contributed by atoms with E-state index < -0.39 is 6.10 Å². The molecule has 0 heterocycles. The van der Waals surface area contributed by atoms with E-state index in [1.165, 1.54) is 0 Å². The Labute approximate surface area is 120 Å². The number of rotatable bonds is 6. The van der Waals surface area contributed by atoms with Gasteiger partial charge in [0.2, 0.25) is 0 Å². The quantitative estimate of drug-likeness (QED) is 0.786. The number of nitrogen functional groups attached to an aromatic ring is 1. The van der Waals surface area contributed by atoms with E-state index in [4.69, 9.17) is 15.2 Å². The van der Waals surface area contributed by atoms with E-state index in [2.05, 4.69) is 5.32 Å². The molecule has 1 aromatic carbocycles. The Kier molecular flexibility index (Phi) is 5.39. The number of nitrogens with two attached hydrogens (primary N) is 1. The first kappa shape index (κ1) is 16.3. The molecule has 112 valence electrons. The van der Waals surface area contributed by atoms with Crippen LogP contribution in [-0.2, 0) is 9.53 Å². The number of ether oxygens (including phenoxy) is 2. The second-order valence-corrected chi connectivity index (χ2v) is 5.32. The summed E-state index contributed by atoms with van der Waals surface area (Å²) in [6, 6.07) is 5.09. The molecule has 0 radical (unpaired) electrons. The Morgan fingerprint density at radius 1 is 1.45 bits per heavy atom. The van der Waals surface area contributed by atoms with Crippen molar-refractivity contribution in [3.8, 4) is 5.75 Å². The SMILES string of the molecule is CCC(C)(C)OC(C)C(=O)Nc1cc(N)ccc1OC. The van der Waals surface area contributed by atoms with Crippen molar-refractivity contribution in [3.05, 3.63) is 18.2 Å². The summed E-state index contributed by atoms with van der Waals surface area (Å²) in [5.41, 5.74) is 6.49. The zero-order chi connectivity index (χ0) is 15.3. The van der Waals surface area contributed by atoms with Crippen LogP contribution in [0.4, 0.5) is 11.4 Å². The van der Waals surface area contributed by atoms with Crippen molar-refractivity contribution < 1.29 is 14.3 Å². The van der Waals surface area contributed by atoms with E-state index in [1.54, 1.807) is 32.2 Å². The largest absolute Gasteiger partial charge is 0.495 e. The standard InChI is InChI=1S/C15H24N2O3/c1-6-15(3,4)20-10(2)14(18)17-12-9-11(16)7-8-13(12)19-5/h7-10H,6,16H2,1-5H3,(H,17,18). The summed E-state index contributed by atoms with van der Waals surface area (Å²) in [4.78, 5) is 12.2. The van der Waals surface area contributed by atoms with Crippen LogP contribution >= 0.6 is 0 Å². The third-order valence-corrected chi connectivity index (χ3v) is 3.20. The molecule has 0 aliphatic heterocycles. The van der Waals surface area contributed by atoms with Crippen molar-refractivity contribution in [2.24, 2.45) is 0 Å². The maximum absolute atomic E-state index is 12.2. The number of carbonyl (C=O) groups excluding carboxylic acids is 1. The highest BCUT2D eigenvalue weighted by molar-refractivity contribution is 5.95. The number of hydrogen-bond donors (Lipinski definition) is 2. The molecule has 0 saturated heterocycles. The number of amides is 1. The third kappa shape index (κ3) is 4.42. The van der Waals surface area contributed by atoms with Gasteiger partial charge < -0.3 is 20.5 Å². The smallest absolute Gasteiger partial charge is 0.253 e. The lowest BCUT2D eigenvalue weighted by atomic mass is 10.1. The minimum absolute atomic E-state index is 0.226. The highest BCUT2D eigenvalue weighted by Gasteiger charge is 2.24. The predicted molar refractivity (Wildman–Crippen MR) is 81.0 cm³/mol. The molecule has 0 fully saturated rings. The van der Waals surface area contributed by atoms with Gasteiger partial charge in [0.1, 0.15) is 11.9 Å². The molecule has 20 heavy (non-hydrogen) atoms. The summed E-state index contributed by atoms with van der Waals surface area (Å²) in [6.07, 6.45) is 0.266. The number of carbonyl (C=O) groups is 1. The molecule has 0 bridgehead atoms. The van der Waals surface area contributed by atoms with Crippen LogP contribution in [0.15, 0.2) is 18.2 Å². The summed E-state index contributed by atoms with van der Waals surface area (Å²) in [5, 5.41) is 2.78. The molecule has 0 spiro atoms. The van der Waals surface area contributed by atoms with Gasteiger partial charge in [-0.3, -0.25) is 4.79 Å². The van der Waals surface area contributed by atoms with Crippen LogP contribution in [0.25, 0.3) is 0 Å². The fraction of sp³-hybridized carbons (Fsp3) is 0.533. The van der Waals surface area contributed by atoms with Crippen LogP contribution in [0.3, 0.4) is 0 Å². The minimum Gasteiger partial charge on any atom is -0.495 e.